The first-order chi connectivity index (χ1) is 9.63. The maximum absolute atomic E-state index is 14.3. The topological polar surface area (TPSA) is 44.7 Å². The van der Waals surface area contributed by atoms with Crippen LogP contribution in [0, 0.1) is 5.82 Å². The molecule has 2 N–H and O–H groups in total. The summed E-state index contributed by atoms with van der Waals surface area (Å²) in [4.78, 5) is 1.79. The Morgan fingerprint density at radius 3 is 2.70 bits per heavy atom. The van der Waals surface area contributed by atoms with Crippen molar-refractivity contribution in [1.29, 1.82) is 0 Å². The molecule has 0 aliphatic carbocycles. The predicted octanol–water partition coefficient (Wildman–Crippen LogP) is 1.94. The summed E-state index contributed by atoms with van der Waals surface area (Å²) in [7, 11) is 1.61. The Bertz CT molecular complexity index is 401. The van der Waals surface area contributed by atoms with E-state index in [1.165, 1.54) is 0 Å². The predicted molar refractivity (Wildman–Crippen MR) is 79.7 cm³/mol. The van der Waals surface area contributed by atoms with Gasteiger partial charge in [-0.1, -0.05) is 13.0 Å². The lowest BCUT2D eigenvalue weighted by molar-refractivity contribution is 0.202. The van der Waals surface area contributed by atoms with Crippen molar-refractivity contribution in [2.75, 3.05) is 44.9 Å². The molecule has 1 rings (SSSR count). The van der Waals surface area contributed by atoms with Crippen molar-refractivity contribution in [3.63, 3.8) is 0 Å². The number of hydrogen-bond donors (Lipinski definition) is 2. The summed E-state index contributed by atoms with van der Waals surface area (Å²) in [6, 6.07) is 5.36. The van der Waals surface area contributed by atoms with E-state index in [-0.39, 0.29) is 18.5 Å². The first-order valence-electron chi connectivity index (χ1n) is 7.01. The number of anilines is 1. The van der Waals surface area contributed by atoms with E-state index in [9.17, 15) is 4.39 Å². The number of ether oxygens (including phenoxy) is 1. The minimum Gasteiger partial charge on any atom is -0.395 e. The van der Waals surface area contributed by atoms with Crippen molar-refractivity contribution in [1.82, 2.24) is 5.32 Å². The second-order valence-electron chi connectivity index (χ2n) is 4.69. The number of aliphatic hydroxyl groups is 1. The van der Waals surface area contributed by atoms with Crippen LogP contribution in [0.2, 0.25) is 0 Å². The van der Waals surface area contributed by atoms with E-state index in [1.807, 2.05) is 19.9 Å². The van der Waals surface area contributed by atoms with Crippen LogP contribution in [-0.2, 0) is 4.74 Å². The third kappa shape index (κ3) is 4.74. The summed E-state index contributed by atoms with van der Waals surface area (Å²) < 4.78 is 19.3. The lowest BCUT2D eigenvalue weighted by Crippen LogP contribution is -2.31. The smallest absolute Gasteiger partial charge is 0.146 e. The fraction of sp³-hybridized carbons (Fsp3) is 0.600. The molecule has 1 aromatic carbocycles. The molecule has 0 aliphatic rings. The van der Waals surface area contributed by atoms with Gasteiger partial charge in [0.2, 0.25) is 0 Å². The minimum atomic E-state index is -0.267. The number of methoxy groups -OCH3 is 1. The van der Waals surface area contributed by atoms with E-state index in [1.54, 1.807) is 24.1 Å². The van der Waals surface area contributed by atoms with Crippen LogP contribution >= 0.6 is 0 Å². The second-order valence-corrected chi connectivity index (χ2v) is 4.69. The molecule has 4 nitrogen and oxygen atoms in total. The van der Waals surface area contributed by atoms with Crippen molar-refractivity contribution in [3.8, 4) is 0 Å². The number of benzene rings is 1. The first-order valence-corrected chi connectivity index (χ1v) is 7.01. The van der Waals surface area contributed by atoms with Crippen LogP contribution in [0.15, 0.2) is 18.2 Å². The van der Waals surface area contributed by atoms with Crippen LogP contribution in [0.3, 0.4) is 0 Å². The van der Waals surface area contributed by atoms with Crippen LogP contribution < -0.4 is 10.2 Å². The fourth-order valence-corrected chi connectivity index (χ4v) is 2.15. The zero-order valence-corrected chi connectivity index (χ0v) is 12.5. The first kappa shape index (κ1) is 16.9. The van der Waals surface area contributed by atoms with Crippen LogP contribution in [0.1, 0.15) is 25.5 Å². The van der Waals surface area contributed by atoms with E-state index in [0.717, 1.165) is 12.1 Å². The van der Waals surface area contributed by atoms with Gasteiger partial charge >= 0.3 is 0 Å². The van der Waals surface area contributed by atoms with E-state index in [4.69, 9.17) is 9.84 Å². The third-order valence-electron chi connectivity index (χ3n) is 3.26. The lowest BCUT2D eigenvalue weighted by Gasteiger charge is -2.25. The summed E-state index contributed by atoms with van der Waals surface area (Å²) >= 11 is 0. The molecule has 0 amide bonds. The molecule has 1 atom stereocenters. The molecule has 20 heavy (non-hydrogen) atoms. The highest BCUT2D eigenvalue weighted by Gasteiger charge is 2.13. The molecule has 0 saturated heterocycles. The van der Waals surface area contributed by atoms with Gasteiger partial charge in [0.05, 0.1) is 18.9 Å². The lowest BCUT2D eigenvalue weighted by atomic mass is 10.1. The number of rotatable bonds is 9. The van der Waals surface area contributed by atoms with E-state index >= 15 is 0 Å². The minimum absolute atomic E-state index is 0.0152. The zero-order valence-electron chi connectivity index (χ0n) is 12.5. The molecule has 1 unspecified atom stereocenters. The number of halogens is 1. The van der Waals surface area contributed by atoms with Gasteiger partial charge in [-0.15, -0.1) is 0 Å². The van der Waals surface area contributed by atoms with E-state index < -0.39 is 0 Å². The number of nitrogens with zero attached hydrogens (tertiary/aromatic N) is 1. The number of aliphatic hydroxyl groups excluding tert-OH is 1. The Morgan fingerprint density at radius 2 is 2.15 bits per heavy atom. The quantitative estimate of drug-likeness (QED) is 0.727. The normalized spacial score (nSPS) is 12.4. The monoisotopic (exact) mass is 284 g/mol. The highest BCUT2D eigenvalue weighted by molar-refractivity contribution is 5.49. The van der Waals surface area contributed by atoms with Crippen molar-refractivity contribution in [2.24, 2.45) is 0 Å². The van der Waals surface area contributed by atoms with Gasteiger partial charge in [0.15, 0.2) is 0 Å². The standard InChI is InChI=1S/C15H25FN2O2/c1-4-17-12(2)13-5-6-15(14(16)11-13)18(7-9-19)8-10-20-3/h5-6,11-12,17,19H,4,7-10H2,1-3H3. The van der Waals surface area contributed by atoms with Crippen molar-refractivity contribution in [2.45, 2.75) is 19.9 Å². The summed E-state index contributed by atoms with van der Waals surface area (Å²) in [6.45, 7) is 6.30. The summed E-state index contributed by atoms with van der Waals surface area (Å²) in [5.41, 5.74) is 1.42. The Kier molecular flexibility index (Phi) is 7.51. The fourth-order valence-electron chi connectivity index (χ4n) is 2.15. The molecule has 0 saturated carbocycles. The SMILES string of the molecule is CCNC(C)c1ccc(N(CCO)CCOC)c(F)c1. The van der Waals surface area contributed by atoms with Gasteiger partial charge in [0.25, 0.3) is 0 Å². The Labute approximate surface area is 120 Å². The Hall–Kier alpha value is -1.17. The maximum atomic E-state index is 14.3. The van der Waals surface area contributed by atoms with Gasteiger partial charge in [-0.05, 0) is 31.2 Å². The average molecular weight is 284 g/mol. The molecular formula is C15H25FN2O2. The van der Waals surface area contributed by atoms with Crippen LogP contribution in [-0.4, -0.2) is 45.1 Å². The molecule has 1 aromatic rings. The second kappa shape index (κ2) is 8.89. The number of hydrogen-bond acceptors (Lipinski definition) is 4. The molecular weight excluding hydrogens is 259 g/mol. The summed E-state index contributed by atoms with van der Waals surface area (Å²) in [5.74, 6) is -0.267. The largest absolute Gasteiger partial charge is 0.395 e. The molecule has 0 fully saturated rings. The zero-order chi connectivity index (χ0) is 15.0. The highest BCUT2D eigenvalue weighted by atomic mass is 19.1. The molecule has 5 heteroatoms. The van der Waals surface area contributed by atoms with Crippen LogP contribution in [0.5, 0.6) is 0 Å². The van der Waals surface area contributed by atoms with Crippen LogP contribution in [0.4, 0.5) is 10.1 Å². The molecule has 114 valence electrons. The molecule has 0 radical (unpaired) electrons. The van der Waals surface area contributed by atoms with Crippen molar-refractivity contribution < 1.29 is 14.2 Å². The third-order valence-corrected chi connectivity index (χ3v) is 3.26. The van der Waals surface area contributed by atoms with E-state index in [2.05, 4.69) is 5.32 Å². The van der Waals surface area contributed by atoms with Gasteiger partial charge in [-0.3, -0.25) is 0 Å². The van der Waals surface area contributed by atoms with E-state index in [0.29, 0.717) is 25.4 Å². The van der Waals surface area contributed by atoms with Gasteiger partial charge < -0.3 is 20.1 Å². The van der Waals surface area contributed by atoms with Crippen LogP contribution in [0.25, 0.3) is 0 Å². The molecule has 0 aromatic heterocycles. The maximum Gasteiger partial charge on any atom is 0.146 e. The molecule has 0 spiro atoms. The molecule has 0 heterocycles. The Balaban J connectivity index is 2.88. The van der Waals surface area contributed by atoms with Crippen molar-refractivity contribution >= 4 is 5.69 Å². The van der Waals surface area contributed by atoms with Gasteiger partial charge in [-0.25, -0.2) is 4.39 Å². The Morgan fingerprint density at radius 1 is 1.40 bits per heavy atom. The molecule has 0 bridgehead atoms. The summed E-state index contributed by atoms with van der Waals surface area (Å²) in [6.07, 6.45) is 0. The van der Waals surface area contributed by atoms with Gasteiger partial charge in [0, 0.05) is 26.2 Å². The van der Waals surface area contributed by atoms with Gasteiger partial charge in [-0.2, -0.15) is 0 Å². The summed E-state index contributed by atoms with van der Waals surface area (Å²) in [5, 5.41) is 12.3. The average Bonchev–Trinajstić information content (AvgIpc) is 2.44. The number of nitrogens with one attached hydrogen (secondary N) is 1. The van der Waals surface area contributed by atoms with Crippen molar-refractivity contribution in [3.05, 3.63) is 29.6 Å². The molecule has 0 aliphatic heterocycles. The highest BCUT2D eigenvalue weighted by Crippen LogP contribution is 2.23. The van der Waals surface area contributed by atoms with Gasteiger partial charge in [0.1, 0.15) is 5.82 Å².